The number of aliphatic carboxylic acids is 1. The van der Waals surface area contributed by atoms with Crippen LogP contribution in [0.5, 0.6) is 0 Å². The normalized spacial score (nSPS) is 42.6. The van der Waals surface area contributed by atoms with Crippen LogP contribution >= 0.6 is 0 Å². The third kappa shape index (κ3) is 9.87. The van der Waals surface area contributed by atoms with Crippen molar-refractivity contribution < 1.29 is 61.5 Å². The molecule has 1 unspecified atom stereocenters. The molecule has 0 bridgehead atoms. The molecule has 12 nitrogen and oxygen atoms in total. The number of aliphatic hydroxyl groups excluding tert-OH is 1. The van der Waals surface area contributed by atoms with Crippen LogP contribution < -0.4 is 5.32 Å². The van der Waals surface area contributed by atoms with E-state index in [1.807, 2.05) is 46.8 Å². The lowest BCUT2D eigenvalue weighted by Gasteiger charge is -2.55. The summed E-state index contributed by atoms with van der Waals surface area (Å²) in [6.45, 7) is 18.1. The monoisotopic (exact) mass is 871 g/mol. The van der Waals surface area contributed by atoms with Gasteiger partial charge >= 0.3 is 18.2 Å². The first-order chi connectivity index (χ1) is 28.5. The van der Waals surface area contributed by atoms with E-state index >= 15 is 0 Å². The molecule has 3 N–H and O–H groups in total. The zero-order chi connectivity index (χ0) is 44.9. The number of carboxylic acids is 1. The highest BCUT2D eigenvalue weighted by molar-refractivity contribution is 5.83. The maximum Gasteiger partial charge on any atom is 0.391 e. The molecule has 6 aliphatic heterocycles. The molecule has 16 atom stereocenters. The van der Waals surface area contributed by atoms with Gasteiger partial charge in [-0.25, -0.2) is 4.79 Å². The van der Waals surface area contributed by atoms with Gasteiger partial charge in [-0.3, -0.25) is 9.59 Å². The number of piperidine rings is 1. The van der Waals surface area contributed by atoms with Crippen LogP contribution in [0, 0.1) is 41.4 Å². The minimum Gasteiger partial charge on any atom is -0.481 e. The van der Waals surface area contributed by atoms with Crippen LogP contribution in [0.1, 0.15) is 139 Å². The van der Waals surface area contributed by atoms with Crippen molar-refractivity contribution in [1.82, 2.24) is 10.2 Å². The zero-order valence-electron chi connectivity index (χ0n) is 37.8. The smallest absolute Gasteiger partial charge is 0.391 e. The summed E-state index contributed by atoms with van der Waals surface area (Å²) in [6, 6.07) is -1.32. The maximum atomic E-state index is 14.6. The summed E-state index contributed by atoms with van der Waals surface area (Å²) in [6.07, 6.45) is 2.01. The van der Waals surface area contributed by atoms with E-state index in [0.717, 1.165) is 6.42 Å². The van der Waals surface area contributed by atoms with Gasteiger partial charge in [0, 0.05) is 37.3 Å². The Morgan fingerprint density at radius 3 is 2.25 bits per heavy atom. The van der Waals surface area contributed by atoms with Gasteiger partial charge in [-0.15, -0.1) is 0 Å². The zero-order valence-corrected chi connectivity index (χ0v) is 37.8. The van der Waals surface area contributed by atoms with E-state index in [1.54, 1.807) is 0 Å². The van der Waals surface area contributed by atoms with Gasteiger partial charge in [0.05, 0.1) is 54.1 Å². The van der Waals surface area contributed by atoms with Crippen LogP contribution in [0.3, 0.4) is 0 Å². The fourth-order valence-electron chi connectivity index (χ4n) is 11.5. The number of carbonyl (C=O) groups is 3. The van der Waals surface area contributed by atoms with Crippen molar-refractivity contribution >= 4 is 17.8 Å². The molecular formula is C46H73F3N2O10. The average molecular weight is 871 g/mol. The van der Waals surface area contributed by atoms with Crippen LogP contribution in [0.2, 0.25) is 0 Å². The van der Waals surface area contributed by atoms with E-state index in [1.165, 1.54) is 4.90 Å². The van der Waals surface area contributed by atoms with E-state index in [9.17, 15) is 37.8 Å². The highest BCUT2D eigenvalue weighted by Crippen LogP contribution is 2.54. The molecule has 348 valence electrons. The molecule has 15 heteroatoms. The van der Waals surface area contributed by atoms with Gasteiger partial charge in [0.25, 0.3) is 0 Å². The third-order valence-corrected chi connectivity index (χ3v) is 15.9. The molecule has 2 amide bonds. The number of hydrogen-bond donors (Lipinski definition) is 3. The van der Waals surface area contributed by atoms with Crippen molar-refractivity contribution in [3.8, 4) is 0 Å². The number of nitrogens with one attached hydrogen (secondary N) is 1. The van der Waals surface area contributed by atoms with Crippen LogP contribution in [0.25, 0.3) is 0 Å². The summed E-state index contributed by atoms with van der Waals surface area (Å²) in [5, 5.41) is 23.0. The van der Waals surface area contributed by atoms with Gasteiger partial charge in [-0.2, -0.15) is 13.2 Å². The first-order valence-corrected chi connectivity index (χ1v) is 23.1. The van der Waals surface area contributed by atoms with Gasteiger partial charge in [0.2, 0.25) is 0 Å². The van der Waals surface area contributed by atoms with Crippen LogP contribution in [0.4, 0.5) is 18.0 Å². The molecule has 0 aromatic rings. The van der Waals surface area contributed by atoms with Crippen molar-refractivity contribution in [1.29, 1.82) is 0 Å². The van der Waals surface area contributed by atoms with Crippen molar-refractivity contribution in [3.63, 3.8) is 0 Å². The lowest BCUT2D eigenvalue weighted by Crippen LogP contribution is -2.66. The standard InChI is InChI=1S/C46H73F3N2O10/c1-10-34(39(55)26(2)23-29(5)43(9)28(4)11-12-33(58-43)25-38(53)54)40-27(3)24-30(6)44(59-40)18-15-36(50-41(56)51-21-16-32(17-22-51)46(47,48)49)45(61-44)20-19-42(8,60-45)37-14-13-35(52)31(7)57-37/h15,18,26-37,40,52H,10-14,16-17,19-25H2,1-9H3,(H,50,56)(H,53,54)/t26-,27-,28-,29-,30+,31-,33+,34?,35+,36+,37+,40-,42-,43+,44-,45-/m0/s1. The second-order valence-corrected chi connectivity index (χ2v) is 20.3. The third-order valence-electron chi connectivity index (χ3n) is 15.9. The maximum absolute atomic E-state index is 14.6. The molecule has 0 aliphatic carbocycles. The molecule has 2 spiro atoms. The summed E-state index contributed by atoms with van der Waals surface area (Å²) in [5.41, 5.74) is -1.45. The number of halogens is 3. The summed E-state index contributed by atoms with van der Waals surface area (Å²) in [7, 11) is 0. The Balaban J connectivity index is 1.23. The van der Waals surface area contributed by atoms with Gasteiger partial charge in [0.15, 0.2) is 11.6 Å². The van der Waals surface area contributed by atoms with E-state index < -0.39 is 77.1 Å². The predicted molar refractivity (Wildman–Crippen MR) is 220 cm³/mol. The number of rotatable bonds is 11. The number of amides is 2. The van der Waals surface area contributed by atoms with Gasteiger partial charge in [-0.1, -0.05) is 47.6 Å². The first kappa shape index (κ1) is 48.2. The van der Waals surface area contributed by atoms with Crippen LogP contribution in [-0.2, 0) is 33.3 Å². The number of aliphatic hydroxyl groups is 1. The highest BCUT2D eigenvalue weighted by atomic mass is 19.4. The summed E-state index contributed by atoms with van der Waals surface area (Å²) in [4.78, 5) is 41.4. The first-order valence-electron chi connectivity index (χ1n) is 23.1. The number of alkyl halides is 3. The Morgan fingerprint density at radius 1 is 0.934 bits per heavy atom. The second kappa shape index (κ2) is 18.3. The molecule has 61 heavy (non-hydrogen) atoms. The number of Topliss-reactive ketones (excluding diaryl/α,β-unsaturated/α-hetero) is 1. The Bertz CT molecular complexity index is 1610. The van der Waals surface area contributed by atoms with E-state index in [4.69, 9.17) is 23.7 Å². The van der Waals surface area contributed by atoms with Gasteiger partial charge in [-0.05, 0) is 109 Å². The topological polar surface area (TPSA) is 153 Å². The number of hydrogen-bond acceptors (Lipinski definition) is 9. The summed E-state index contributed by atoms with van der Waals surface area (Å²) >= 11 is 0. The number of nitrogens with zero attached hydrogens (tertiary/aromatic N) is 1. The Morgan fingerprint density at radius 2 is 1.62 bits per heavy atom. The predicted octanol–water partition coefficient (Wildman–Crippen LogP) is 8.18. The molecule has 6 heterocycles. The second-order valence-electron chi connectivity index (χ2n) is 20.3. The molecule has 0 aromatic heterocycles. The molecule has 6 rings (SSSR count). The number of carbonyl (C=O) groups excluding carboxylic acids is 2. The average Bonchev–Trinajstić information content (AvgIpc) is 3.53. The summed E-state index contributed by atoms with van der Waals surface area (Å²) < 4.78 is 74.7. The number of ether oxygens (including phenoxy) is 5. The number of urea groups is 1. The van der Waals surface area contributed by atoms with Crippen LogP contribution in [0.15, 0.2) is 12.2 Å². The van der Waals surface area contributed by atoms with E-state index in [2.05, 4.69) is 33.0 Å². The Hall–Kier alpha value is -2.30. The van der Waals surface area contributed by atoms with Crippen molar-refractivity contribution in [2.45, 2.75) is 205 Å². The molecular weight excluding hydrogens is 798 g/mol. The number of likely N-dealkylation sites (tertiary alicyclic amines) is 1. The van der Waals surface area contributed by atoms with E-state index in [0.29, 0.717) is 51.4 Å². The van der Waals surface area contributed by atoms with Crippen molar-refractivity contribution in [3.05, 3.63) is 12.2 Å². The molecule has 0 radical (unpaired) electrons. The fourth-order valence-corrected chi connectivity index (χ4v) is 11.5. The number of ketones is 1. The highest BCUT2D eigenvalue weighted by Gasteiger charge is 2.63. The fraction of sp³-hybridized carbons (Fsp3) is 0.891. The molecule has 0 saturated carbocycles. The lowest BCUT2D eigenvalue weighted by molar-refractivity contribution is -0.397. The largest absolute Gasteiger partial charge is 0.481 e. The summed E-state index contributed by atoms with van der Waals surface area (Å²) in [5.74, 6) is -5.81. The molecule has 0 aromatic carbocycles. The van der Waals surface area contributed by atoms with E-state index in [-0.39, 0.29) is 79.9 Å². The SMILES string of the molecule is CCC(C(=O)[C@@H](C)C[C@H](C)[C@]1(C)O[C@@H](CC(=O)O)CC[C@@H]1C)[C@H]1O[C@]2(C=C[C@@H](NC(=O)N3CCC(C(F)(F)F)CC3)[C@]3(CC[C@@](C)([C@H]4CC[C@@H](O)[C@H](C)O4)O3)O2)[C@H](C)C[C@@H]1C. The molecule has 5 fully saturated rings. The quantitative estimate of drug-likeness (QED) is 0.173. The molecule has 6 aliphatic rings. The van der Waals surface area contributed by atoms with Crippen molar-refractivity contribution in [2.75, 3.05) is 13.1 Å². The lowest BCUT2D eigenvalue weighted by atomic mass is 9.70. The minimum absolute atomic E-state index is 0.00143. The Labute approximate surface area is 360 Å². The molecule has 5 saturated heterocycles. The van der Waals surface area contributed by atoms with Crippen molar-refractivity contribution in [2.24, 2.45) is 41.4 Å². The van der Waals surface area contributed by atoms with Gasteiger partial charge < -0.3 is 44.1 Å². The minimum atomic E-state index is -4.31. The number of carboxylic acid groups (broad SMARTS) is 1. The van der Waals surface area contributed by atoms with Crippen LogP contribution in [-0.4, -0.2) is 112 Å². The van der Waals surface area contributed by atoms with Gasteiger partial charge in [0.1, 0.15) is 11.8 Å². The Kier molecular flexibility index (Phi) is 14.4.